The first-order chi connectivity index (χ1) is 11.4. The zero-order chi connectivity index (χ0) is 17.4. The molecule has 0 aliphatic rings. The van der Waals surface area contributed by atoms with Gasteiger partial charge < -0.3 is 0 Å². The highest BCUT2D eigenvalue weighted by Crippen LogP contribution is 2.34. The Bertz CT molecular complexity index is 964. The highest BCUT2D eigenvalue weighted by Gasteiger charge is 2.23. The van der Waals surface area contributed by atoms with Crippen LogP contribution in [0.5, 0.6) is 0 Å². The third kappa shape index (κ3) is 2.78. The number of hydrogen-bond acceptors (Lipinski definition) is 3. The van der Waals surface area contributed by atoms with Gasteiger partial charge in [-0.15, -0.1) is 0 Å². The average molecular weight is 352 g/mol. The van der Waals surface area contributed by atoms with Gasteiger partial charge in [-0.05, 0) is 19.1 Å². The van der Waals surface area contributed by atoms with Crippen LogP contribution in [-0.2, 0) is 0 Å². The summed E-state index contributed by atoms with van der Waals surface area (Å²) in [5.74, 6) is -3.45. The summed E-state index contributed by atoms with van der Waals surface area (Å²) < 4.78 is 41.5. The Morgan fingerprint density at radius 1 is 1.04 bits per heavy atom. The molecule has 8 heteroatoms. The predicted molar refractivity (Wildman–Crippen MR) is 83.1 cm³/mol. The Kier molecular flexibility index (Phi) is 4.11. The van der Waals surface area contributed by atoms with Gasteiger partial charge in [0.1, 0.15) is 22.6 Å². The summed E-state index contributed by atoms with van der Waals surface area (Å²) in [6.45, 7) is 1.56. The third-order valence-corrected chi connectivity index (χ3v) is 3.66. The zero-order valence-corrected chi connectivity index (χ0v) is 13.0. The summed E-state index contributed by atoms with van der Waals surface area (Å²) in [5.41, 5.74) is -0.831. The summed E-state index contributed by atoms with van der Waals surface area (Å²) in [4.78, 5) is 16.1. The molecule has 1 N–H and O–H groups in total. The third-order valence-electron chi connectivity index (χ3n) is 3.44. The lowest BCUT2D eigenvalue weighted by Gasteiger charge is -2.12. The summed E-state index contributed by atoms with van der Waals surface area (Å²) in [5, 5.41) is 6.22. The molecular weight excluding hydrogens is 343 g/mol. The van der Waals surface area contributed by atoms with E-state index >= 15 is 0 Å². The van der Waals surface area contributed by atoms with E-state index in [4.69, 9.17) is 11.6 Å². The number of rotatable bonds is 2. The molecule has 3 rings (SSSR count). The van der Waals surface area contributed by atoms with Crippen molar-refractivity contribution in [1.82, 2.24) is 15.2 Å². The summed E-state index contributed by atoms with van der Waals surface area (Å²) in [6, 6.07) is 4.04. The van der Waals surface area contributed by atoms with Crippen molar-refractivity contribution < 1.29 is 13.2 Å². The van der Waals surface area contributed by atoms with Crippen molar-refractivity contribution in [3.05, 3.63) is 69.1 Å². The van der Waals surface area contributed by atoms with Crippen LogP contribution in [0.25, 0.3) is 22.3 Å². The molecule has 0 amide bonds. The van der Waals surface area contributed by atoms with E-state index in [1.54, 1.807) is 13.0 Å². The van der Waals surface area contributed by atoms with Crippen LogP contribution in [0.2, 0.25) is 5.15 Å². The van der Waals surface area contributed by atoms with Crippen LogP contribution in [0.4, 0.5) is 13.2 Å². The molecule has 0 fully saturated rings. The van der Waals surface area contributed by atoms with Crippen LogP contribution in [-0.4, -0.2) is 15.2 Å². The van der Waals surface area contributed by atoms with Gasteiger partial charge in [0.05, 0.1) is 16.8 Å². The highest BCUT2D eigenvalue weighted by atomic mass is 35.5. The number of aromatic nitrogens is 3. The molecule has 0 aliphatic heterocycles. The number of halogens is 4. The molecule has 0 spiro atoms. The quantitative estimate of drug-likeness (QED) is 0.713. The normalized spacial score (nSPS) is 10.9. The molecule has 0 bridgehead atoms. The van der Waals surface area contributed by atoms with Crippen LogP contribution in [0.15, 0.2) is 35.3 Å². The van der Waals surface area contributed by atoms with E-state index in [1.807, 2.05) is 0 Å². The Morgan fingerprint density at radius 3 is 2.29 bits per heavy atom. The second-order valence-corrected chi connectivity index (χ2v) is 5.39. The number of aryl methyl sites for hydroxylation is 1. The number of aromatic amines is 1. The van der Waals surface area contributed by atoms with Crippen molar-refractivity contribution in [2.75, 3.05) is 0 Å². The molecule has 0 saturated carbocycles. The van der Waals surface area contributed by atoms with Crippen LogP contribution in [0, 0.1) is 24.4 Å². The van der Waals surface area contributed by atoms with E-state index in [1.165, 1.54) is 12.3 Å². The average Bonchev–Trinajstić information content (AvgIpc) is 2.51. The molecule has 1 aromatic carbocycles. The number of benzene rings is 1. The Balaban J connectivity index is 2.40. The van der Waals surface area contributed by atoms with Gasteiger partial charge in [0, 0.05) is 29.5 Å². The van der Waals surface area contributed by atoms with E-state index in [0.717, 1.165) is 0 Å². The number of nitrogens with zero attached hydrogens (tertiary/aromatic N) is 2. The van der Waals surface area contributed by atoms with Crippen molar-refractivity contribution in [3.8, 4) is 22.3 Å². The van der Waals surface area contributed by atoms with Gasteiger partial charge in [-0.3, -0.25) is 4.79 Å². The van der Waals surface area contributed by atoms with E-state index in [0.29, 0.717) is 23.4 Å². The lowest BCUT2D eigenvalue weighted by Crippen LogP contribution is -2.16. The number of nitrogens with one attached hydrogen (secondary N) is 1. The fourth-order valence-corrected chi connectivity index (χ4v) is 2.55. The molecule has 0 radical (unpaired) electrons. The molecule has 0 aliphatic carbocycles. The molecule has 2 heterocycles. The molecule has 0 unspecified atom stereocenters. The fourth-order valence-electron chi connectivity index (χ4n) is 2.44. The Hall–Kier alpha value is -2.67. The van der Waals surface area contributed by atoms with Crippen molar-refractivity contribution in [3.63, 3.8) is 0 Å². The van der Waals surface area contributed by atoms with Gasteiger partial charge in [0.15, 0.2) is 0 Å². The van der Waals surface area contributed by atoms with Crippen molar-refractivity contribution in [2.45, 2.75) is 6.92 Å². The highest BCUT2D eigenvalue weighted by molar-refractivity contribution is 6.29. The van der Waals surface area contributed by atoms with Crippen LogP contribution in [0.3, 0.4) is 0 Å². The first-order valence-corrected chi connectivity index (χ1v) is 7.12. The molecule has 3 aromatic rings. The maximum absolute atomic E-state index is 14.2. The minimum Gasteiger partial charge on any atom is -0.267 e. The van der Waals surface area contributed by atoms with Crippen LogP contribution in [0.1, 0.15) is 5.69 Å². The van der Waals surface area contributed by atoms with Gasteiger partial charge in [0.25, 0.3) is 5.56 Å². The van der Waals surface area contributed by atoms with Crippen LogP contribution < -0.4 is 5.56 Å². The SMILES string of the molecule is Cc1n[nH]c(=O)c(-c2c(F)cc(F)cc2F)c1-c1ccc(Cl)nc1. The molecular formula is C16H9ClF3N3O. The second-order valence-electron chi connectivity index (χ2n) is 5.00. The van der Waals surface area contributed by atoms with Gasteiger partial charge >= 0.3 is 0 Å². The summed E-state index contributed by atoms with van der Waals surface area (Å²) in [6.07, 6.45) is 1.36. The molecule has 4 nitrogen and oxygen atoms in total. The molecule has 0 atom stereocenters. The monoisotopic (exact) mass is 351 g/mol. The second kappa shape index (κ2) is 6.09. The van der Waals surface area contributed by atoms with Gasteiger partial charge in [0.2, 0.25) is 0 Å². The first-order valence-electron chi connectivity index (χ1n) is 6.74. The minimum absolute atomic E-state index is 0.187. The summed E-state index contributed by atoms with van der Waals surface area (Å²) >= 11 is 5.74. The van der Waals surface area contributed by atoms with Crippen molar-refractivity contribution in [2.24, 2.45) is 0 Å². The minimum atomic E-state index is -1.19. The topological polar surface area (TPSA) is 58.6 Å². The van der Waals surface area contributed by atoms with E-state index < -0.39 is 28.6 Å². The van der Waals surface area contributed by atoms with Crippen LogP contribution >= 0.6 is 11.6 Å². The maximum Gasteiger partial charge on any atom is 0.272 e. The van der Waals surface area contributed by atoms with E-state index in [-0.39, 0.29) is 16.3 Å². The van der Waals surface area contributed by atoms with Gasteiger partial charge in [-0.1, -0.05) is 11.6 Å². The Labute approximate surface area is 138 Å². The predicted octanol–water partition coefficient (Wildman–Crippen LogP) is 3.88. The van der Waals surface area contributed by atoms with E-state index in [9.17, 15) is 18.0 Å². The number of H-pyrrole nitrogens is 1. The zero-order valence-electron chi connectivity index (χ0n) is 12.2. The van der Waals surface area contributed by atoms with Gasteiger partial charge in [-0.2, -0.15) is 5.10 Å². The van der Waals surface area contributed by atoms with Crippen molar-refractivity contribution in [1.29, 1.82) is 0 Å². The molecule has 0 saturated heterocycles. The number of pyridine rings is 1. The van der Waals surface area contributed by atoms with E-state index in [2.05, 4.69) is 15.2 Å². The lowest BCUT2D eigenvalue weighted by atomic mass is 9.95. The smallest absolute Gasteiger partial charge is 0.267 e. The standard InChI is InChI=1S/C16H9ClF3N3O/c1-7-13(8-2-3-12(17)21-6-8)15(16(24)23-22-7)14-10(19)4-9(18)5-11(14)20/h2-6H,1H3,(H,23,24). The lowest BCUT2D eigenvalue weighted by molar-refractivity contribution is 0.547. The molecule has 2 aromatic heterocycles. The molecule has 122 valence electrons. The first kappa shape index (κ1) is 16.2. The largest absolute Gasteiger partial charge is 0.272 e. The van der Waals surface area contributed by atoms with Crippen molar-refractivity contribution >= 4 is 11.6 Å². The number of hydrogen-bond donors (Lipinski definition) is 1. The molecule has 24 heavy (non-hydrogen) atoms. The van der Waals surface area contributed by atoms with Gasteiger partial charge in [-0.25, -0.2) is 23.3 Å². The fraction of sp³-hybridized carbons (Fsp3) is 0.0625. The Morgan fingerprint density at radius 2 is 1.71 bits per heavy atom. The summed E-state index contributed by atoms with van der Waals surface area (Å²) in [7, 11) is 0. The maximum atomic E-state index is 14.2.